The zero-order chi connectivity index (χ0) is 22.9. The van der Waals surface area contributed by atoms with Crippen molar-refractivity contribution >= 4 is 21.4 Å². The molecule has 170 valence electrons. The largest absolute Gasteiger partial charge is 0.369 e. The number of aromatic nitrogens is 4. The maximum absolute atomic E-state index is 13.4. The molecule has 3 heterocycles. The summed E-state index contributed by atoms with van der Waals surface area (Å²) in [6, 6.07) is 8.45. The smallest absolute Gasteiger partial charge is 0.235 e. The molecule has 0 saturated carbocycles. The summed E-state index contributed by atoms with van der Waals surface area (Å²) in [5.41, 5.74) is 2.82. The number of rotatable bonds is 6. The zero-order valence-corrected chi connectivity index (χ0v) is 19.2. The van der Waals surface area contributed by atoms with Crippen molar-refractivity contribution in [1.82, 2.24) is 19.7 Å². The van der Waals surface area contributed by atoms with Gasteiger partial charge in [0.05, 0.1) is 16.6 Å². The molecule has 0 bridgehead atoms. The fraction of sp³-hybridized carbons (Fsp3) is 0.409. The number of hydrogen-bond acceptors (Lipinski definition) is 6. The molecule has 1 fully saturated rings. The number of hydrogen-bond donors (Lipinski definition) is 1. The second-order valence-electron chi connectivity index (χ2n) is 8.33. The van der Waals surface area contributed by atoms with Crippen molar-refractivity contribution in [3.8, 4) is 11.1 Å². The minimum Gasteiger partial charge on any atom is -0.369 e. The molecule has 0 amide bonds. The first kappa shape index (κ1) is 22.2. The third kappa shape index (κ3) is 4.45. The third-order valence-corrected chi connectivity index (χ3v) is 7.62. The fourth-order valence-corrected chi connectivity index (χ4v) is 4.74. The van der Waals surface area contributed by atoms with Crippen molar-refractivity contribution in [3.05, 3.63) is 54.6 Å². The van der Waals surface area contributed by atoms with E-state index in [0.717, 1.165) is 48.6 Å². The third-order valence-electron chi connectivity index (χ3n) is 5.87. The highest BCUT2D eigenvalue weighted by molar-refractivity contribution is 7.93. The van der Waals surface area contributed by atoms with Crippen LogP contribution in [0.15, 0.2) is 42.9 Å². The van der Waals surface area contributed by atoms with E-state index in [1.165, 1.54) is 12.3 Å². The van der Waals surface area contributed by atoms with Crippen LogP contribution in [0.2, 0.25) is 0 Å². The predicted octanol–water partition coefficient (Wildman–Crippen LogP) is 3.55. The summed E-state index contributed by atoms with van der Waals surface area (Å²) in [5, 5.41) is 7.67. The second-order valence-corrected chi connectivity index (χ2v) is 10.6. The van der Waals surface area contributed by atoms with Crippen LogP contribution in [0, 0.1) is 5.95 Å². The van der Waals surface area contributed by atoms with E-state index in [-0.39, 0.29) is 5.92 Å². The summed E-state index contributed by atoms with van der Waals surface area (Å²) in [4.78, 5) is 5.97. The summed E-state index contributed by atoms with van der Waals surface area (Å²) >= 11 is 0. The lowest BCUT2D eigenvalue weighted by Gasteiger charge is -2.35. The molecule has 0 atom stereocenters. The van der Waals surface area contributed by atoms with E-state index in [4.69, 9.17) is 0 Å². The van der Waals surface area contributed by atoms with E-state index in [1.54, 1.807) is 38.4 Å². The molecule has 0 aliphatic carbocycles. The van der Waals surface area contributed by atoms with Crippen LogP contribution in [0.3, 0.4) is 0 Å². The predicted molar refractivity (Wildman–Crippen MR) is 123 cm³/mol. The van der Waals surface area contributed by atoms with Crippen molar-refractivity contribution in [1.29, 1.82) is 0 Å². The molecule has 1 aliphatic heterocycles. The van der Waals surface area contributed by atoms with Gasteiger partial charge >= 0.3 is 0 Å². The van der Waals surface area contributed by atoms with Crippen LogP contribution < -0.4 is 9.62 Å². The number of piperidine rings is 1. The molecular formula is C22H27FN6O2S. The van der Waals surface area contributed by atoms with Crippen LogP contribution in [0.5, 0.6) is 0 Å². The number of aryl methyl sites for hydroxylation is 1. The van der Waals surface area contributed by atoms with Crippen molar-refractivity contribution in [2.24, 2.45) is 7.05 Å². The van der Waals surface area contributed by atoms with Gasteiger partial charge in [-0.25, -0.2) is 13.4 Å². The molecule has 1 saturated heterocycles. The van der Waals surface area contributed by atoms with Crippen LogP contribution in [-0.2, 0) is 17.1 Å². The quantitative estimate of drug-likeness (QED) is 0.568. The highest BCUT2D eigenvalue weighted by Gasteiger charge is 2.28. The van der Waals surface area contributed by atoms with Gasteiger partial charge in [0.15, 0.2) is 0 Å². The first-order valence-corrected chi connectivity index (χ1v) is 12.2. The normalized spacial score (nSPS) is 15.3. The van der Waals surface area contributed by atoms with Crippen LogP contribution in [0.4, 0.5) is 15.8 Å². The molecule has 4 rings (SSSR count). The van der Waals surface area contributed by atoms with E-state index in [0.29, 0.717) is 5.69 Å². The standard InChI is InChI=1S/C22H27FN6O2S/c1-15(2)32(30,31)27-19-6-4-5-18(17-7-8-20(23)24-13-17)21(19)29-11-9-16(10-12-29)22-26-25-14-28(22)3/h4-8,13-16,27H,9-12H2,1-3H3. The van der Waals surface area contributed by atoms with Crippen LogP contribution in [0.25, 0.3) is 11.1 Å². The van der Waals surface area contributed by atoms with Crippen molar-refractivity contribution in [2.75, 3.05) is 22.7 Å². The number of sulfonamides is 1. The van der Waals surface area contributed by atoms with Crippen molar-refractivity contribution in [3.63, 3.8) is 0 Å². The van der Waals surface area contributed by atoms with Gasteiger partial charge in [-0.05, 0) is 44.9 Å². The number of nitrogens with zero attached hydrogens (tertiary/aromatic N) is 5. The molecule has 1 aliphatic rings. The Hall–Kier alpha value is -3.01. The summed E-state index contributed by atoms with van der Waals surface area (Å²) in [6.45, 7) is 4.73. The molecule has 8 nitrogen and oxygen atoms in total. The fourth-order valence-electron chi connectivity index (χ4n) is 4.03. The average Bonchev–Trinajstić information content (AvgIpc) is 3.20. The average molecular weight is 459 g/mol. The molecule has 3 aromatic rings. The molecule has 32 heavy (non-hydrogen) atoms. The molecular weight excluding hydrogens is 431 g/mol. The molecule has 1 N–H and O–H groups in total. The topological polar surface area (TPSA) is 93.0 Å². The monoisotopic (exact) mass is 458 g/mol. The van der Waals surface area contributed by atoms with Crippen LogP contribution in [-0.4, -0.2) is 46.5 Å². The van der Waals surface area contributed by atoms with E-state index >= 15 is 0 Å². The molecule has 2 aromatic heterocycles. The maximum Gasteiger partial charge on any atom is 0.235 e. The van der Waals surface area contributed by atoms with Gasteiger partial charge in [0.1, 0.15) is 12.2 Å². The van der Waals surface area contributed by atoms with Gasteiger partial charge in [-0.1, -0.05) is 12.1 Å². The van der Waals surface area contributed by atoms with Crippen LogP contribution >= 0.6 is 0 Å². The first-order valence-electron chi connectivity index (χ1n) is 10.6. The Balaban J connectivity index is 1.71. The first-order chi connectivity index (χ1) is 15.3. The van der Waals surface area contributed by atoms with E-state index in [2.05, 4.69) is 24.8 Å². The number of para-hydroxylation sites is 1. The molecule has 10 heteroatoms. The second kappa shape index (κ2) is 8.85. The van der Waals surface area contributed by atoms with Gasteiger partial charge in [-0.15, -0.1) is 10.2 Å². The number of nitrogens with one attached hydrogen (secondary N) is 1. The highest BCUT2D eigenvalue weighted by Crippen LogP contribution is 2.40. The van der Waals surface area contributed by atoms with E-state index < -0.39 is 21.2 Å². The Morgan fingerprint density at radius 1 is 1.16 bits per heavy atom. The van der Waals surface area contributed by atoms with Gasteiger partial charge in [0.2, 0.25) is 16.0 Å². The van der Waals surface area contributed by atoms with Gasteiger partial charge in [-0.2, -0.15) is 4.39 Å². The van der Waals surface area contributed by atoms with Gasteiger partial charge in [0.25, 0.3) is 0 Å². The number of halogens is 1. The number of anilines is 2. The summed E-state index contributed by atoms with van der Waals surface area (Å²) < 4.78 is 43.5. The van der Waals surface area contributed by atoms with E-state index in [9.17, 15) is 12.8 Å². The highest BCUT2D eigenvalue weighted by atomic mass is 32.2. The van der Waals surface area contributed by atoms with Gasteiger partial charge in [-0.3, -0.25) is 4.72 Å². The molecule has 0 radical (unpaired) electrons. The Labute approximate surface area is 187 Å². The maximum atomic E-state index is 13.4. The lowest BCUT2D eigenvalue weighted by Crippen LogP contribution is -2.35. The number of pyridine rings is 1. The summed E-state index contributed by atoms with van der Waals surface area (Å²) in [7, 11) is -1.60. The zero-order valence-electron chi connectivity index (χ0n) is 18.4. The Kier molecular flexibility index (Phi) is 6.14. The van der Waals surface area contributed by atoms with Gasteiger partial charge in [0, 0.05) is 43.4 Å². The Bertz CT molecular complexity index is 1190. The lowest BCUT2D eigenvalue weighted by molar-refractivity contribution is 0.474. The minimum atomic E-state index is -3.54. The van der Waals surface area contributed by atoms with Gasteiger partial charge < -0.3 is 9.47 Å². The van der Waals surface area contributed by atoms with Crippen molar-refractivity contribution < 1.29 is 12.8 Å². The Morgan fingerprint density at radius 2 is 1.91 bits per heavy atom. The molecule has 0 spiro atoms. The number of benzene rings is 1. The molecule has 1 aromatic carbocycles. The van der Waals surface area contributed by atoms with Crippen molar-refractivity contribution in [2.45, 2.75) is 37.9 Å². The summed E-state index contributed by atoms with van der Waals surface area (Å²) in [6.07, 6.45) is 4.90. The van der Waals surface area contributed by atoms with Crippen LogP contribution in [0.1, 0.15) is 38.4 Å². The molecule has 0 unspecified atom stereocenters. The minimum absolute atomic E-state index is 0.286. The lowest BCUT2D eigenvalue weighted by atomic mass is 9.94. The SMILES string of the molecule is CC(C)S(=O)(=O)Nc1cccc(-c2ccc(F)nc2)c1N1CCC(c2nncn2C)CC1. The van der Waals surface area contributed by atoms with E-state index in [1.807, 2.05) is 17.7 Å². The Morgan fingerprint density at radius 3 is 2.50 bits per heavy atom. The summed E-state index contributed by atoms with van der Waals surface area (Å²) in [5.74, 6) is 0.687.